The lowest BCUT2D eigenvalue weighted by Crippen LogP contribution is -2.24. The van der Waals surface area contributed by atoms with E-state index >= 15 is 0 Å². The fraction of sp³-hybridized carbons (Fsp3) is 0.298. The minimum absolute atomic E-state index is 0.0787. The predicted octanol–water partition coefficient (Wildman–Crippen LogP) is 16.0. The molecule has 0 fully saturated rings. The van der Waals surface area contributed by atoms with Crippen molar-refractivity contribution in [3.8, 4) is 11.1 Å². The van der Waals surface area contributed by atoms with Crippen LogP contribution in [0.3, 0.4) is 0 Å². The van der Waals surface area contributed by atoms with Crippen LogP contribution in [0.2, 0.25) is 0 Å². The molecule has 0 atom stereocenters. The number of nitrogens with zero attached hydrogens (tertiary/aromatic N) is 1. The summed E-state index contributed by atoms with van der Waals surface area (Å²) in [5, 5.41) is 2.76. The highest BCUT2D eigenvalue weighted by Crippen LogP contribution is 2.61. The molecule has 0 aliphatic heterocycles. The van der Waals surface area contributed by atoms with Gasteiger partial charge in [0.1, 0.15) is 0 Å². The van der Waals surface area contributed by atoms with Gasteiger partial charge in [-0.05, 0) is 190 Å². The van der Waals surface area contributed by atoms with Crippen molar-refractivity contribution in [2.45, 2.75) is 115 Å². The van der Waals surface area contributed by atoms with E-state index < -0.39 is 0 Å². The molecular weight excluding hydrogens is 699 g/mol. The Hall–Kier alpha value is -5.40. The monoisotopic (exact) mass is 761 g/mol. The molecule has 0 heterocycles. The smallest absolute Gasteiger partial charge is 0.0543 e. The highest BCUT2D eigenvalue weighted by atomic mass is 15.1. The summed E-state index contributed by atoms with van der Waals surface area (Å²) in [6, 6.07) is 41.2. The summed E-state index contributed by atoms with van der Waals surface area (Å²) in [6.07, 6.45) is 0. The molecule has 58 heavy (non-hydrogen) atoms. The molecule has 1 heteroatoms. The zero-order chi connectivity index (χ0) is 42.0. The van der Waals surface area contributed by atoms with Crippen LogP contribution in [0, 0.1) is 76.2 Å². The fourth-order valence-electron chi connectivity index (χ4n) is 9.19. The highest BCUT2D eigenvalue weighted by molar-refractivity contribution is 6.14. The van der Waals surface area contributed by atoms with Crippen molar-refractivity contribution in [3.63, 3.8) is 0 Å². The van der Waals surface area contributed by atoms with Gasteiger partial charge in [0.15, 0.2) is 0 Å². The van der Waals surface area contributed by atoms with Gasteiger partial charge in [-0.15, -0.1) is 0 Å². The van der Waals surface area contributed by atoms with E-state index in [4.69, 9.17) is 0 Å². The molecule has 9 rings (SSSR count). The fourth-order valence-corrected chi connectivity index (χ4v) is 9.19. The molecule has 0 aromatic heterocycles. The van der Waals surface area contributed by atoms with Gasteiger partial charge in [0.05, 0.1) is 5.69 Å². The molecule has 0 amide bonds. The first-order chi connectivity index (χ1) is 27.3. The summed E-state index contributed by atoms with van der Waals surface area (Å²) in [5.74, 6) is 0. The van der Waals surface area contributed by atoms with Crippen molar-refractivity contribution in [2.75, 3.05) is 4.90 Å². The van der Waals surface area contributed by atoms with Gasteiger partial charge >= 0.3 is 0 Å². The van der Waals surface area contributed by atoms with E-state index in [0.717, 1.165) is 0 Å². The molecule has 0 spiro atoms. The molecule has 7 aromatic carbocycles. The first-order valence-electron chi connectivity index (χ1n) is 21.1. The van der Waals surface area contributed by atoms with Crippen molar-refractivity contribution < 1.29 is 0 Å². The standard InChI is InChI=1S/C39H39N.2C9H12/c1-22-17-31-36-32(18-22)39(8,9)33-21-34(29-11-10-12-30(38(31,6)7)35(29)37(33)36)40(27-15-13-23(2)25(4)19-27)28-16-14-24(3)26(5)20-28;2*1-7-4-5-8(2)9(3)6-7/h10-21H,1-9H3;2*4-6H,1-3H3. The molecule has 296 valence electrons. The average Bonchev–Trinajstić information content (AvgIpc) is 3.39. The summed E-state index contributed by atoms with van der Waals surface area (Å²) >= 11 is 0. The molecule has 0 bridgehead atoms. The van der Waals surface area contributed by atoms with Gasteiger partial charge in [-0.1, -0.05) is 123 Å². The Labute approximate surface area is 349 Å². The van der Waals surface area contributed by atoms with Crippen LogP contribution < -0.4 is 4.90 Å². The molecule has 1 nitrogen and oxygen atoms in total. The van der Waals surface area contributed by atoms with Gasteiger partial charge in [0.25, 0.3) is 0 Å². The summed E-state index contributed by atoms with van der Waals surface area (Å²) < 4.78 is 0. The predicted molar refractivity (Wildman–Crippen MR) is 253 cm³/mol. The summed E-state index contributed by atoms with van der Waals surface area (Å²) in [7, 11) is 0. The van der Waals surface area contributed by atoms with Gasteiger partial charge < -0.3 is 4.90 Å². The minimum Gasteiger partial charge on any atom is -0.310 e. The normalized spacial score (nSPS) is 13.7. The lowest BCUT2D eigenvalue weighted by Gasteiger charge is -2.36. The van der Waals surface area contributed by atoms with E-state index in [2.05, 4.69) is 218 Å². The van der Waals surface area contributed by atoms with Crippen LogP contribution in [-0.2, 0) is 10.8 Å². The van der Waals surface area contributed by atoms with E-state index in [9.17, 15) is 0 Å². The Bertz CT molecular complexity index is 2630. The molecule has 0 unspecified atom stereocenters. The Morgan fingerprint density at radius 1 is 0.345 bits per heavy atom. The third-order valence-corrected chi connectivity index (χ3v) is 13.4. The highest BCUT2D eigenvalue weighted by Gasteiger charge is 2.45. The third kappa shape index (κ3) is 7.08. The number of rotatable bonds is 3. The van der Waals surface area contributed by atoms with E-state index in [1.54, 1.807) is 0 Å². The summed E-state index contributed by atoms with van der Waals surface area (Å²) in [5.41, 5.74) is 27.1. The largest absolute Gasteiger partial charge is 0.310 e. The second-order valence-corrected chi connectivity index (χ2v) is 18.6. The number of hydrogen-bond donors (Lipinski definition) is 0. The van der Waals surface area contributed by atoms with Gasteiger partial charge in [-0.3, -0.25) is 0 Å². The summed E-state index contributed by atoms with van der Waals surface area (Å²) in [6.45, 7) is 33.6. The van der Waals surface area contributed by atoms with Gasteiger partial charge in [0, 0.05) is 27.6 Å². The molecule has 2 aliphatic rings. The molecular formula is C57H63N. The van der Waals surface area contributed by atoms with E-state index in [1.807, 2.05) is 0 Å². The Morgan fingerprint density at radius 3 is 1.19 bits per heavy atom. The average molecular weight is 762 g/mol. The van der Waals surface area contributed by atoms with Crippen LogP contribution in [0.1, 0.15) is 111 Å². The van der Waals surface area contributed by atoms with Crippen LogP contribution >= 0.6 is 0 Å². The molecule has 0 N–H and O–H groups in total. The first-order valence-corrected chi connectivity index (χ1v) is 21.1. The van der Waals surface area contributed by atoms with Gasteiger partial charge in [0.2, 0.25) is 0 Å². The van der Waals surface area contributed by atoms with Crippen LogP contribution in [0.4, 0.5) is 17.1 Å². The molecule has 0 radical (unpaired) electrons. The van der Waals surface area contributed by atoms with Crippen molar-refractivity contribution >= 4 is 27.8 Å². The van der Waals surface area contributed by atoms with Crippen LogP contribution in [0.15, 0.2) is 109 Å². The zero-order valence-electron chi connectivity index (χ0n) is 37.8. The number of benzene rings is 7. The van der Waals surface area contributed by atoms with Crippen molar-refractivity contribution in [3.05, 3.63) is 193 Å². The second kappa shape index (κ2) is 15.1. The second-order valence-electron chi connectivity index (χ2n) is 18.6. The van der Waals surface area contributed by atoms with E-state index in [0.29, 0.717) is 0 Å². The van der Waals surface area contributed by atoms with Gasteiger partial charge in [-0.25, -0.2) is 0 Å². The lowest BCUT2D eigenvalue weighted by molar-refractivity contribution is 0.638. The Morgan fingerprint density at radius 2 is 0.759 bits per heavy atom. The van der Waals surface area contributed by atoms with E-state index in [1.165, 1.54) is 122 Å². The Kier molecular flexibility index (Phi) is 10.6. The third-order valence-electron chi connectivity index (χ3n) is 13.4. The number of anilines is 3. The maximum absolute atomic E-state index is 2.52. The van der Waals surface area contributed by atoms with Crippen LogP contribution in [0.25, 0.3) is 21.9 Å². The zero-order valence-corrected chi connectivity index (χ0v) is 37.8. The molecule has 7 aromatic rings. The summed E-state index contributed by atoms with van der Waals surface area (Å²) in [4.78, 5) is 2.51. The van der Waals surface area contributed by atoms with Gasteiger partial charge in [-0.2, -0.15) is 0 Å². The SMILES string of the molecule is Cc1cc2c3c(c1)C(C)(C)c1cccc4c(N(c5ccc(C)c(C)c5)c5ccc(C)c(C)c5)cc(c-3c14)C2(C)C.Cc1ccc(C)c(C)c1.Cc1ccc(C)c(C)c1. The van der Waals surface area contributed by atoms with E-state index in [-0.39, 0.29) is 10.8 Å². The van der Waals surface area contributed by atoms with Crippen LogP contribution in [0.5, 0.6) is 0 Å². The quantitative estimate of drug-likeness (QED) is 0.173. The molecule has 0 saturated carbocycles. The maximum Gasteiger partial charge on any atom is 0.0543 e. The maximum atomic E-state index is 2.52. The molecule has 0 saturated heterocycles. The topological polar surface area (TPSA) is 3.24 Å². The number of hydrogen-bond acceptors (Lipinski definition) is 1. The minimum atomic E-state index is -0.0834. The van der Waals surface area contributed by atoms with Crippen molar-refractivity contribution in [1.82, 2.24) is 0 Å². The number of aryl methyl sites for hydroxylation is 11. The lowest BCUT2D eigenvalue weighted by atomic mass is 9.68. The first kappa shape index (κ1) is 40.8. The van der Waals surface area contributed by atoms with Crippen molar-refractivity contribution in [1.29, 1.82) is 0 Å². The van der Waals surface area contributed by atoms with Crippen LogP contribution in [-0.4, -0.2) is 0 Å². The molecule has 2 aliphatic carbocycles. The Balaban J connectivity index is 0.000000234. The van der Waals surface area contributed by atoms with Crippen molar-refractivity contribution in [2.24, 2.45) is 0 Å².